The van der Waals surface area contributed by atoms with Gasteiger partial charge in [0.2, 0.25) is 5.91 Å². The van der Waals surface area contributed by atoms with Crippen LogP contribution in [0.4, 0.5) is 0 Å². The van der Waals surface area contributed by atoms with Crippen LogP contribution >= 0.6 is 46.4 Å². The second-order valence-corrected chi connectivity index (χ2v) is 10.9. The molecule has 4 aliphatic rings. The Morgan fingerprint density at radius 2 is 1.28 bits per heavy atom. The van der Waals surface area contributed by atoms with E-state index in [1.807, 2.05) is 0 Å². The molecule has 3 aromatic rings. The normalized spacial score (nSPS) is 22.1. The first-order valence-corrected chi connectivity index (χ1v) is 12.5. The first kappa shape index (κ1) is 22.3. The van der Waals surface area contributed by atoms with E-state index in [2.05, 4.69) is 0 Å². The van der Waals surface area contributed by atoms with E-state index >= 15 is 0 Å². The number of carbonyl (C=O) groups is 4. The van der Waals surface area contributed by atoms with Gasteiger partial charge in [-0.15, -0.1) is 11.6 Å². The van der Waals surface area contributed by atoms with Gasteiger partial charge in [-0.25, -0.2) is 0 Å². The van der Waals surface area contributed by atoms with E-state index in [4.69, 9.17) is 46.4 Å². The van der Waals surface area contributed by atoms with Crippen molar-refractivity contribution < 1.29 is 19.2 Å². The molecule has 0 spiro atoms. The van der Waals surface area contributed by atoms with Gasteiger partial charge >= 0.3 is 0 Å². The highest BCUT2D eigenvalue weighted by Gasteiger charge is 2.44. The fraction of sp³-hybridized carbons (Fsp3) is 0.154. The van der Waals surface area contributed by atoms with Crippen molar-refractivity contribution in [1.82, 2.24) is 9.80 Å². The number of fused-ring (bicyclic) bond motifs is 2. The van der Waals surface area contributed by atoms with Crippen molar-refractivity contribution in [1.29, 1.82) is 0 Å². The third-order valence-electron chi connectivity index (χ3n) is 7.56. The van der Waals surface area contributed by atoms with Gasteiger partial charge in [0.15, 0.2) is 0 Å². The van der Waals surface area contributed by atoms with Crippen molar-refractivity contribution in [2.45, 2.75) is 11.3 Å². The number of benzene rings is 3. The van der Waals surface area contributed by atoms with Gasteiger partial charge in [-0.3, -0.25) is 29.0 Å². The lowest BCUT2D eigenvalue weighted by Gasteiger charge is -2.37. The molecule has 0 saturated carbocycles. The second kappa shape index (κ2) is 6.90. The minimum atomic E-state index is -0.808. The minimum Gasteiger partial charge on any atom is -0.281 e. The quantitative estimate of drug-likeness (QED) is 0.196. The van der Waals surface area contributed by atoms with E-state index in [9.17, 15) is 19.2 Å². The molecule has 2 heterocycles. The Hall–Kier alpha value is -2.90. The molecule has 4 amide bonds. The van der Waals surface area contributed by atoms with Crippen LogP contribution in [0.15, 0.2) is 24.3 Å². The number of imide groups is 2. The molecule has 0 fully saturated rings. The van der Waals surface area contributed by atoms with Gasteiger partial charge in [0.25, 0.3) is 17.7 Å². The zero-order valence-electron chi connectivity index (χ0n) is 18.5. The van der Waals surface area contributed by atoms with Gasteiger partial charge in [-0.05, 0) is 46.2 Å². The standard InChI is InChI=1S/C26H12Cl4N2O4/c1-31-23(33)7-3-11(27)17-19-13(29)5-9-16-10(26(36)32(2)25(9)35)6-14(30)20(22(16)19)18-12(28)4-8(24(31)34)15(7)21(17)18/h3-7,13H,1-2H3/t7-,13-/m1/s1. The number of nitrogens with zero attached hydrogens (tertiary/aromatic N) is 2. The van der Waals surface area contributed by atoms with Crippen LogP contribution in [0.1, 0.15) is 54.3 Å². The number of alkyl halides is 1. The number of amides is 4. The van der Waals surface area contributed by atoms with E-state index in [1.165, 1.54) is 26.2 Å². The molecule has 36 heavy (non-hydrogen) atoms. The van der Waals surface area contributed by atoms with Crippen LogP contribution in [0.5, 0.6) is 0 Å². The third-order valence-corrected chi connectivity index (χ3v) is 8.82. The van der Waals surface area contributed by atoms with Crippen molar-refractivity contribution in [2.75, 3.05) is 14.1 Å². The zero-order valence-corrected chi connectivity index (χ0v) is 21.5. The van der Waals surface area contributed by atoms with Crippen LogP contribution in [0.2, 0.25) is 10.0 Å². The Bertz CT molecular complexity index is 1800. The molecule has 3 aromatic carbocycles. The predicted octanol–water partition coefficient (Wildman–Crippen LogP) is 5.88. The summed E-state index contributed by atoms with van der Waals surface area (Å²) in [5.74, 6) is -2.63. The largest absolute Gasteiger partial charge is 0.281 e. The molecule has 2 aliphatic carbocycles. The summed E-state index contributed by atoms with van der Waals surface area (Å²) >= 11 is 27.4. The Balaban J connectivity index is 1.79. The van der Waals surface area contributed by atoms with E-state index in [-0.39, 0.29) is 20.6 Å². The van der Waals surface area contributed by atoms with Crippen molar-refractivity contribution >= 4 is 102 Å². The SMILES string of the molecule is CN1C(=O)C2=C[C@@H](Cl)c3c4c5c6c(cc(Cl)c5c5c(Cl)cc(c2c35)C1=O)C(=O)N(C)C(=O)[C@@H]6C=C4Cl. The van der Waals surface area contributed by atoms with Crippen LogP contribution in [0.25, 0.3) is 32.2 Å². The van der Waals surface area contributed by atoms with Crippen molar-refractivity contribution in [3.8, 4) is 0 Å². The monoisotopic (exact) mass is 556 g/mol. The van der Waals surface area contributed by atoms with Crippen LogP contribution in [0, 0.1) is 0 Å². The first-order chi connectivity index (χ1) is 17.0. The molecule has 0 N–H and O–H groups in total. The Morgan fingerprint density at radius 3 is 1.94 bits per heavy atom. The summed E-state index contributed by atoms with van der Waals surface area (Å²) < 4.78 is 0. The van der Waals surface area contributed by atoms with E-state index in [0.717, 1.165) is 9.80 Å². The van der Waals surface area contributed by atoms with E-state index in [1.54, 1.807) is 12.2 Å². The number of rotatable bonds is 0. The second-order valence-electron chi connectivity index (χ2n) is 9.24. The minimum absolute atomic E-state index is 0.229. The third kappa shape index (κ3) is 2.37. The summed E-state index contributed by atoms with van der Waals surface area (Å²) in [5, 5.41) is 1.94. The van der Waals surface area contributed by atoms with Gasteiger partial charge in [-0.1, -0.05) is 34.8 Å². The summed E-state index contributed by atoms with van der Waals surface area (Å²) in [5.41, 5.74) is 2.86. The number of halogens is 4. The van der Waals surface area contributed by atoms with Crippen LogP contribution < -0.4 is 0 Å². The lowest BCUT2D eigenvalue weighted by atomic mass is 9.73. The zero-order chi connectivity index (χ0) is 25.5. The lowest BCUT2D eigenvalue weighted by molar-refractivity contribution is -0.128. The summed E-state index contributed by atoms with van der Waals surface area (Å²) in [6, 6.07) is 3.06. The number of hydrogen-bond acceptors (Lipinski definition) is 4. The van der Waals surface area contributed by atoms with Crippen molar-refractivity contribution in [3.63, 3.8) is 0 Å². The summed E-state index contributed by atoms with van der Waals surface area (Å²) in [4.78, 5) is 54.5. The Labute approximate surface area is 223 Å². The average molecular weight is 558 g/mol. The number of hydrogen-bond donors (Lipinski definition) is 0. The fourth-order valence-corrected chi connectivity index (χ4v) is 7.27. The highest BCUT2D eigenvalue weighted by atomic mass is 35.5. The lowest BCUT2D eigenvalue weighted by Crippen LogP contribution is -2.42. The highest BCUT2D eigenvalue weighted by Crippen LogP contribution is 2.57. The van der Waals surface area contributed by atoms with E-state index < -0.39 is 34.9 Å². The molecule has 6 nitrogen and oxygen atoms in total. The molecule has 10 heteroatoms. The topological polar surface area (TPSA) is 74.8 Å². The average Bonchev–Trinajstić information content (AvgIpc) is 2.84. The Kier molecular flexibility index (Phi) is 4.27. The van der Waals surface area contributed by atoms with Crippen molar-refractivity contribution in [2.24, 2.45) is 0 Å². The van der Waals surface area contributed by atoms with Gasteiger partial charge in [0.05, 0.1) is 16.9 Å². The summed E-state index contributed by atoms with van der Waals surface area (Å²) in [6.45, 7) is 0. The molecule has 7 rings (SSSR count). The van der Waals surface area contributed by atoms with Gasteiger partial charge in [0, 0.05) is 62.2 Å². The van der Waals surface area contributed by atoms with Gasteiger partial charge in [0.1, 0.15) is 0 Å². The van der Waals surface area contributed by atoms with Crippen LogP contribution in [0.3, 0.4) is 0 Å². The molecule has 0 unspecified atom stereocenters. The molecule has 2 atom stereocenters. The molecular weight excluding hydrogens is 546 g/mol. The highest BCUT2D eigenvalue weighted by molar-refractivity contribution is 6.54. The van der Waals surface area contributed by atoms with Crippen LogP contribution in [-0.2, 0) is 9.59 Å². The molecule has 0 saturated heterocycles. The summed E-state index contributed by atoms with van der Waals surface area (Å²) in [7, 11) is 2.83. The molecular formula is C26H12Cl4N2O4. The maximum Gasteiger partial charge on any atom is 0.261 e. The number of carbonyl (C=O) groups excluding carboxylic acids is 4. The van der Waals surface area contributed by atoms with Crippen molar-refractivity contribution in [3.05, 3.63) is 67.7 Å². The number of likely N-dealkylation sites (N-methyl/N-ethyl adjacent to an activating group) is 2. The molecule has 2 aliphatic heterocycles. The van der Waals surface area contributed by atoms with Crippen LogP contribution in [-0.4, -0.2) is 47.5 Å². The maximum absolute atomic E-state index is 13.1. The molecule has 178 valence electrons. The van der Waals surface area contributed by atoms with Gasteiger partial charge in [-0.2, -0.15) is 0 Å². The number of allylic oxidation sites excluding steroid dienone is 1. The fourth-order valence-electron chi connectivity index (χ4n) is 6.01. The molecule has 0 radical (unpaired) electrons. The smallest absolute Gasteiger partial charge is 0.261 e. The molecule has 0 aromatic heterocycles. The molecule has 0 bridgehead atoms. The Morgan fingerprint density at radius 1 is 0.694 bits per heavy atom. The maximum atomic E-state index is 13.1. The predicted molar refractivity (Wildman–Crippen MR) is 139 cm³/mol. The van der Waals surface area contributed by atoms with Gasteiger partial charge < -0.3 is 0 Å². The first-order valence-electron chi connectivity index (χ1n) is 10.9. The summed E-state index contributed by atoms with van der Waals surface area (Å²) in [6.07, 6.45) is 3.20. The van der Waals surface area contributed by atoms with E-state index in [0.29, 0.717) is 54.9 Å².